The maximum absolute atomic E-state index is 13.1. The fraction of sp³-hybridized carbons (Fsp3) is 0.200. The number of amides is 1. The Balaban J connectivity index is 1.82. The summed E-state index contributed by atoms with van der Waals surface area (Å²) in [4.78, 5) is 23.7. The average molecular weight is 391 g/mol. The van der Waals surface area contributed by atoms with Crippen LogP contribution in [0.2, 0.25) is 0 Å². The minimum atomic E-state index is -4.70. The van der Waals surface area contributed by atoms with Gasteiger partial charge in [-0.15, -0.1) is 0 Å². The number of anilines is 1. The van der Waals surface area contributed by atoms with Crippen LogP contribution in [0.4, 0.5) is 18.9 Å². The molecule has 5 nitrogen and oxygen atoms in total. The Morgan fingerprint density at radius 1 is 1.14 bits per heavy atom. The van der Waals surface area contributed by atoms with Gasteiger partial charge in [-0.3, -0.25) is 4.79 Å². The molecule has 8 heteroatoms. The lowest BCUT2D eigenvalue weighted by Crippen LogP contribution is -2.30. The maximum Gasteiger partial charge on any atom is 0.417 e. The van der Waals surface area contributed by atoms with E-state index in [2.05, 4.69) is 5.32 Å². The van der Waals surface area contributed by atoms with Crippen molar-refractivity contribution < 1.29 is 27.1 Å². The van der Waals surface area contributed by atoms with Gasteiger partial charge in [0.25, 0.3) is 5.91 Å². The van der Waals surface area contributed by atoms with Gasteiger partial charge in [0.1, 0.15) is 11.3 Å². The predicted molar refractivity (Wildman–Crippen MR) is 97.4 cm³/mol. The van der Waals surface area contributed by atoms with E-state index in [0.29, 0.717) is 11.8 Å². The summed E-state index contributed by atoms with van der Waals surface area (Å²) in [5.74, 6) is -0.335. The molecule has 0 fully saturated rings. The number of carbonyl (C=O) groups is 1. The zero-order valence-corrected chi connectivity index (χ0v) is 15.0. The van der Waals surface area contributed by atoms with Crippen molar-refractivity contribution in [1.82, 2.24) is 0 Å². The average Bonchev–Trinajstić information content (AvgIpc) is 2.59. The summed E-state index contributed by atoms with van der Waals surface area (Å²) >= 11 is 0. The molecule has 0 spiro atoms. The standard InChI is InChI=1S/C20H16F3NO4/c1-11-4-3-5-13(8-11)24-19(26)12(2)27-14-6-7-15-16(20(21,22)23)10-18(25)28-17(15)9-14/h3-10,12H,1-2H3,(H,24,26). The van der Waals surface area contributed by atoms with Crippen molar-refractivity contribution in [3.8, 4) is 5.75 Å². The molecule has 1 aromatic heterocycles. The lowest BCUT2D eigenvalue weighted by molar-refractivity contribution is -0.136. The topological polar surface area (TPSA) is 68.5 Å². The van der Waals surface area contributed by atoms with Gasteiger partial charge in [0.05, 0.1) is 5.56 Å². The van der Waals surface area contributed by atoms with Crippen LogP contribution in [0.1, 0.15) is 18.1 Å². The minimum absolute atomic E-state index is 0.0990. The SMILES string of the molecule is Cc1cccc(NC(=O)C(C)Oc2ccc3c(C(F)(F)F)cc(=O)oc3c2)c1. The highest BCUT2D eigenvalue weighted by atomic mass is 19.4. The Labute approximate surface area is 157 Å². The second-order valence-corrected chi connectivity index (χ2v) is 6.25. The molecule has 0 bridgehead atoms. The number of fused-ring (bicyclic) bond motifs is 1. The zero-order chi connectivity index (χ0) is 20.5. The third kappa shape index (κ3) is 4.33. The van der Waals surface area contributed by atoms with Gasteiger partial charge in [-0.05, 0) is 43.7 Å². The Morgan fingerprint density at radius 3 is 2.57 bits per heavy atom. The van der Waals surface area contributed by atoms with Crippen LogP contribution in [-0.2, 0) is 11.0 Å². The van der Waals surface area contributed by atoms with Crippen LogP contribution in [0, 0.1) is 6.92 Å². The lowest BCUT2D eigenvalue weighted by atomic mass is 10.1. The number of hydrogen-bond acceptors (Lipinski definition) is 4. The zero-order valence-electron chi connectivity index (χ0n) is 15.0. The highest BCUT2D eigenvalue weighted by Crippen LogP contribution is 2.35. The molecular weight excluding hydrogens is 375 g/mol. The molecule has 1 N–H and O–H groups in total. The fourth-order valence-corrected chi connectivity index (χ4v) is 2.68. The number of hydrogen-bond donors (Lipinski definition) is 1. The summed E-state index contributed by atoms with van der Waals surface area (Å²) in [7, 11) is 0. The van der Waals surface area contributed by atoms with E-state index in [9.17, 15) is 22.8 Å². The monoisotopic (exact) mass is 391 g/mol. The first-order valence-electron chi connectivity index (χ1n) is 8.33. The van der Waals surface area contributed by atoms with Crippen molar-refractivity contribution in [3.63, 3.8) is 0 Å². The Bertz CT molecular complexity index is 1090. The van der Waals surface area contributed by atoms with Crippen molar-refractivity contribution in [1.29, 1.82) is 0 Å². The van der Waals surface area contributed by atoms with Gasteiger partial charge < -0.3 is 14.5 Å². The summed E-state index contributed by atoms with van der Waals surface area (Å²) in [6, 6.07) is 11.2. The summed E-state index contributed by atoms with van der Waals surface area (Å²) in [6.07, 6.45) is -5.63. The quantitative estimate of drug-likeness (QED) is 0.664. The molecular formula is C20H16F3NO4. The van der Waals surface area contributed by atoms with Crippen LogP contribution in [0.3, 0.4) is 0 Å². The van der Waals surface area contributed by atoms with Gasteiger partial charge in [0.2, 0.25) is 0 Å². The number of rotatable bonds is 4. The molecule has 0 radical (unpaired) electrons. The number of carbonyl (C=O) groups excluding carboxylic acids is 1. The number of alkyl halides is 3. The second-order valence-electron chi connectivity index (χ2n) is 6.25. The summed E-state index contributed by atoms with van der Waals surface area (Å²) in [5, 5.41) is 2.42. The van der Waals surface area contributed by atoms with Gasteiger partial charge in [-0.25, -0.2) is 4.79 Å². The van der Waals surface area contributed by atoms with Crippen molar-refractivity contribution in [2.75, 3.05) is 5.32 Å². The van der Waals surface area contributed by atoms with Crippen LogP contribution >= 0.6 is 0 Å². The summed E-state index contributed by atoms with van der Waals surface area (Å²) in [5.41, 5.74) is -0.919. The van der Waals surface area contributed by atoms with E-state index in [-0.39, 0.29) is 16.7 Å². The van der Waals surface area contributed by atoms with E-state index in [1.165, 1.54) is 13.0 Å². The molecule has 0 aliphatic rings. The number of halogens is 3. The smallest absolute Gasteiger partial charge is 0.417 e. The molecule has 0 saturated heterocycles. The van der Waals surface area contributed by atoms with E-state index in [1.54, 1.807) is 18.2 Å². The second kappa shape index (κ2) is 7.38. The number of ether oxygens (including phenoxy) is 1. The third-order valence-electron chi connectivity index (χ3n) is 3.99. The van der Waals surface area contributed by atoms with Crippen molar-refractivity contribution >= 4 is 22.6 Å². The van der Waals surface area contributed by atoms with Crippen LogP contribution in [0.15, 0.2) is 57.7 Å². The van der Waals surface area contributed by atoms with Crippen molar-refractivity contribution in [2.45, 2.75) is 26.1 Å². The first-order chi connectivity index (χ1) is 13.1. The molecule has 1 atom stereocenters. The highest BCUT2D eigenvalue weighted by Gasteiger charge is 2.34. The van der Waals surface area contributed by atoms with Gasteiger partial charge in [-0.1, -0.05) is 12.1 Å². The largest absolute Gasteiger partial charge is 0.481 e. The molecule has 1 heterocycles. The van der Waals surface area contributed by atoms with Crippen molar-refractivity contribution in [2.24, 2.45) is 0 Å². The number of nitrogens with one attached hydrogen (secondary N) is 1. The highest BCUT2D eigenvalue weighted by molar-refractivity contribution is 5.94. The first-order valence-corrected chi connectivity index (χ1v) is 8.33. The van der Waals surface area contributed by atoms with E-state index in [1.807, 2.05) is 13.0 Å². The predicted octanol–water partition coefficient (Wildman–Crippen LogP) is 4.53. The Kier molecular flexibility index (Phi) is 5.13. The summed E-state index contributed by atoms with van der Waals surface area (Å²) in [6.45, 7) is 3.38. The molecule has 28 heavy (non-hydrogen) atoms. The van der Waals surface area contributed by atoms with Gasteiger partial charge >= 0.3 is 11.8 Å². The van der Waals surface area contributed by atoms with Crippen LogP contribution < -0.4 is 15.7 Å². The van der Waals surface area contributed by atoms with Crippen LogP contribution in [0.25, 0.3) is 11.0 Å². The molecule has 1 amide bonds. The van der Waals surface area contributed by atoms with Gasteiger partial charge in [-0.2, -0.15) is 13.2 Å². The Morgan fingerprint density at radius 2 is 1.89 bits per heavy atom. The fourth-order valence-electron chi connectivity index (χ4n) is 2.68. The van der Waals surface area contributed by atoms with E-state index < -0.39 is 29.4 Å². The molecule has 3 rings (SSSR count). The number of aryl methyl sites for hydroxylation is 1. The molecule has 0 saturated carbocycles. The molecule has 146 valence electrons. The van der Waals surface area contributed by atoms with E-state index in [4.69, 9.17) is 9.15 Å². The molecule has 0 aliphatic carbocycles. The molecule has 0 aliphatic heterocycles. The molecule has 2 aromatic carbocycles. The molecule has 3 aromatic rings. The number of benzene rings is 2. The Hall–Kier alpha value is -3.29. The van der Waals surface area contributed by atoms with Gasteiger partial charge in [0.15, 0.2) is 6.10 Å². The first kappa shape index (κ1) is 19.5. The van der Waals surface area contributed by atoms with Crippen LogP contribution in [-0.4, -0.2) is 12.0 Å². The lowest BCUT2D eigenvalue weighted by Gasteiger charge is -2.16. The van der Waals surface area contributed by atoms with E-state index in [0.717, 1.165) is 17.7 Å². The third-order valence-corrected chi connectivity index (χ3v) is 3.99. The van der Waals surface area contributed by atoms with Crippen LogP contribution in [0.5, 0.6) is 5.75 Å². The minimum Gasteiger partial charge on any atom is -0.481 e. The normalized spacial score (nSPS) is 12.6. The van der Waals surface area contributed by atoms with E-state index >= 15 is 0 Å². The molecule has 1 unspecified atom stereocenters. The van der Waals surface area contributed by atoms with Gasteiger partial charge in [0, 0.05) is 23.2 Å². The van der Waals surface area contributed by atoms with Crippen molar-refractivity contribution in [3.05, 3.63) is 70.1 Å². The summed E-state index contributed by atoms with van der Waals surface area (Å²) < 4.78 is 49.6. The maximum atomic E-state index is 13.1.